The first-order valence-corrected chi connectivity index (χ1v) is 10.5. The number of nitrogens with one attached hydrogen (secondary N) is 1. The average molecular weight is 468 g/mol. The van der Waals surface area contributed by atoms with Crippen molar-refractivity contribution in [3.63, 3.8) is 0 Å². The number of carbonyl (C=O) groups excluding carboxylic acids is 1. The van der Waals surface area contributed by atoms with Gasteiger partial charge in [0.05, 0.1) is 26.7 Å². The Morgan fingerprint density at radius 1 is 0.914 bits per heavy atom. The molecule has 0 saturated heterocycles. The second-order valence-electron chi connectivity index (χ2n) is 7.81. The SMILES string of the molecule is Cc1c([N+](=O)[O-])cc(C(=O)Nc2ccccc2-c2nc3c(ccc4ccccc43)o2)cc1[N+](=O)[O-]. The Balaban J connectivity index is 1.56. The molecule has 1 aromatic heterocycles. The molecule has 0 spiro atoms. The predicted octanol–water partition coefficient (Wildman–Crippen LogP) is 6.03. The molecule has 0 unspecified atom stereocenters. The number of nitro benzene ring substituents is 2. The van der Waals surface area contributed by atoms with Gasteiger partial charge in [0.15, 0.2) is 5.58 Å². The molecule has 10 nitrogen and oxygen atoms in total. The van der Waals surface area contributed by atoms with Gasteiger partial charge < -0.3 is 9.73 Å². The van der Waals surface area contributed by atoms with E-state index in [1.165, 1.54) is 6.92 Å². The van der Waals surface area contributed by atoms with Crippen molar-refractivity contribution in [3.8, 4) is 11.5 Å². The van der Waals surface area contributed by atoms with Crippen molar-refractivity contribution in [1.29, 1.82) is 0 Å². The number of anilines is 1. The van der Waals surface area contributed by atoms with Crippen molar-refractivity contribution in [1.82, 2.24) is 4.98 Å². The first-order chi connectivity index (χ1) is 16.8. The van der Waals surface area contributed by atoms with Gasteiger partial charge in [-0.1, -0.05) is 42.5 Å². The molecule has 1 heterocycles. The number of oxazole rings is 1. The summed E-state index contributed by atoms with van der Waals surface area (Å²) in [7, 11) is 0. The fourth-order valence-electron chi connectivity index (χ4n) is 3.94. The molecule has 1 N–H and O–H groups in total. The van der Waals surface area contributed by atoms with E-state index in [-0.39, 0.29) is 17.0 Å². The quantitative estimate of drug-likeness (QED) is 0.245. The Morgan fingerprint density at radius 3 is 2.29 bits per heavy atom. The monoisotopic (exact) mass is 468 g/mol. The topological polar surface area (TPSA) is 141 Å². The summed E-state index contributed by atoms with van der Waals surface area (Å²) in [5.74, 6) is -0.474. The van der Waals surface area contributed by atoms with Gasteiger partial charge in [0, 0.05) is 17.5 Å². The molecule has 4 aromatic carbocycles. The molecule has 0 fully saturated rings. The zero-order valence-electron chi connectivity index (χ0n) is 18.2. The van der Waals surface area contributed by atoms with Crippen LogP contribution in [0.3, 0.4) is 0 Å². The van der Waals surface area contributed by atoms with Gasteiger partial charge in [-0.15, -0.1) is 0 Å². The molecule has 1 amide bonds. The number of hydrogen-bond acceptors (Lipinski definition) is 7. The van der Waals surface area contributed by atoms with Gasteiger partial charge in [0.2, 0.25) is 5.89 Å². The van der Waals surface area contributed by atoms with Gasteiger partial charge in [-0.3, -0.25) is 25.0 Å². The number of nitrogens with zero attached hydrogens (tertiary/aromatic N) is 3. The van der Waals surface area contributed by atoms with Crippen LogP contribution in [0.1, 0.15) is 15.9 Å². The molecule has 0 atom stereocenters. The highest BCUT2D eigenvalue weighted by Crippen LogP contribution is 2.34. The first kappa shape index (κ1) is 21.7. The summed E-state index contributed by atoms with van der Waals surface area (Å²) >= 11 is 0. The van der Waals surface area contributed by atoms with Crippen molar-refractivity contribution in [3.05, 3.63) is 104 Å². The van der Waals surface area contributed by atoms with Crippen LogP contribution in [0, 0.1) is 27.2 Å². The van der Waals surface area contributed by atoms with E-state index in [4.69, 9.17) is 4.42 Å². The van der Waals surface area contributed by atoms with Crippen LogP contribution >= 0.6 is 0 Å². The van der Waals surface area contributed by atoms with E-state index in [2.05, 4.69) is 10.3 Å². The molecular formula is C25H16N4O6. The van der Waals surface area contributed by atoms with Crippen molar-refractivity contribution in [2.24, 2.45) is 0 Å². The van der Waals surface area contributed by atoms with Gasteiger partial charge >= 0.3 is 0 Å². The van der Waals surface area contributed by atoms with E-state index in [1.807, 2.05) is 36.4 Å². The highest BCUT2D eigenvalue weighted by atomic mass is 16.6. The minimum atomic E-state index is -0.754. The van der Waals surface area contributed by atoms with Crippen LogP contribution in [0.2, 0.25) is 0 Å². The molecule has 0 saturated carbocycles. The van der Waals surface area contributed by atoms with Gasteiger partial charge in [-0.25, -0.2) is 4.98 Å². The van der Waals surface area contributed by atoms with E-state index >= 15 is 0 Å². The Hall–Kier alpha value is -5.12. The maximum absolute atomic E-state index is 13.0. The number of hydrogen-bond donors (Lipinski definition) is 1. The Morgan fingerprint density at radius 2 is 1.57 bits per heavy atom. The van der Waals surface area contributed by atoms with Crippen molar-refractivity contribution in [2.45, 2.75) is 6.92 Å². The third-order valence-electron chi connectivity index (χ3n) is 5.70. The second kappa shape index (κ2) is 8.34. The molecule has 0 aliphatic rings. The number of nitro groups is 2. The third kappa shape index (κ3) is 3.82. The third-order valence-corrected chi connectivity index (χ3v) is 5.70. The molecule has 0 bridgehead atoms. The molecular weight excluding hydrogens is 452 g/mol. The molecule has 35 heavy (non-hydrogen) atoms. The molecule has 0 aliphatic carbocycles. The fraction of sp³-hybridized carbons (Fsp3) is 0.0400. The molecule has 172 valence electrons. The summed E-state index contributed by atoms with van der Waals surface area (Å²) in [6.45, 7) is 1.27. The van der Waals surface area contributed by atoms with Gasteiger partial charge in [-0.2, -0.15) is 0 Å². The van der Waals surface area contributed by atoms with Crippen LogP contribution < -0.4 is 5.32 Å². The molecule has 0 radical (unpaired) electrons. The number of carbonyl (C=O) groups is 1. The molecule has 0 aliphatic heterocycles. The van der Waals surface area contributed by atoms with Crippen LogP contribution in [-0.2, 0) is 0 Å². The number of amides is 1. The maximum atomic E-state index is 13.0. The van der Waals surface area contributed by atoms with Crippen LogP contribution in [0.5, 0.6) is 0 Å². The van der Waals surface area contributed by atoms with Crippen LogP contribution in [0.15, 0.2) is 77.2 Å². The number of benzene rings is 4. The summed E-state index contributed by atoms with van der Waals surface area (Å²) in [4.78, 5) is 38.9. The van der Waals surface area contributed by atoms with E-state index < -0.39 is 27.1 Å². The van der Waals surface area contributed by atoms with Crippen LogP contribution in [0.4, 0.5) is 17.1 Å². The second-order valence-corrected chi connectivity index (χ2v) is 7.81. The highest BCUT2D eigenvalue weighted by molar-refractivity contribution is 6.08. The van der Waals surface area contributed by atoms with Gasteiger partial charge in [0.1, 0.15) is 11.1 Å². The number of rotatable bonds is 5. The lowest BCUT2D eigenvalue weighted by molar-refractivity contribution is -0.395. The predicted molar refractivity (Wildman–Crippen MR) is 129 cm³/mol. The largest absolute Gasteiger partial charge is 0.436 e. The summed E-state index contributed by atoms with van der Waals surface area (Å²) in [5, 5.41) is 27.4. The van der Waals surface area contributed by atoms with E-state index in [0.717, 1.165) is 22.9 Å². The van der Waals surface area contributed by atoms with Gasteiger partial charge in [0.25, 0.3) is 17.3 Å². The van der Waals surface area contributed by atoms with Crippen LogP contribution in [0.25, 0.3) is 33.3 Å². The minimum absolute atomic E-state index is 0.129. The normalized spacial score (nSPS) is 11.0. The lowest BCUT2D eigenvalue weighted by Gasteiger charge is -2.09. The van der Waals surface area contributed by atoms with Crippen molar-refractivity contribution in [2.75, 3.05) is 5.32 Å². The Labute approximate surface area is 197 Å². The zero-order valence-corrected chi connectivity index (χ0v) is 18.2. The van der Waals surface area contributed by atoms with Crippen molar-refractivity contribution >= 4 is 44.8 Å². The smallest absolute Gasteiger partial charge is 0.279 e. The summed E-state index contributed by atoms with van der Waals surface area (Å²) in [5.41, 5.74) is 0.694. The maximum Gasteiger partial charge on any atom is 0.279 e. The van der Waals surface area contributed by atoms with E-state index in [9.17, 15) is 25.0 Å². The summed E-state index contributed by atoms with van der Waals surface area (Å²) in [6.07, 6.45) is 0. The lowest BCUT2D eigenvalue weighted by atomic mass is 10.1. The number of fused-ring (bicyclic) bond motifs is 3. The minimum Gasteiger partial charge on any atom is -0.436 e. The average Bonchev–Trinajstić information content (AvgIpc) is 3.29. The number of aromatic nitrogens is 1. The van der Waals surface area contributed by atoms with E-state index in [0.29, 0.717) is 22.4 Å². The Kier molecular flexibility index (Phi) is 5.17. The summed E-state index contributed by atoms with van der Waals surface area (Å²) < 4.78 is 5.97. The van der Waals surface area contributed by atoms with Crippen LogP contribution in [-0.4, -0.2) is 20.7 Å². The fourth-order valence-corrected chi connectivity index (χ4v) is 3.94. The summed E-state index contributed by atoms with van der Waals surface area (Å²) in [6, 6.07) is 20.3. The Bertz CT molecular complexity index is 1640. The van der Waals surface area contributed by atoms with E-state index in [1.54, 1.807) is 24.3 Å². The zero-order chi connectivity index (χ0) is 24.7. The first-order valence-electron chi connectivity index (χ1n) is 10.5. The van der Waals surface area contributed by atoms with Gasteiger partial charge in [-0.05, 0) is 30.5 Å². The standard InChI is InChI=1S/C25H16N4O6/c1-14-20(28(31)32)12-16(13-21(14)29(33)34)24(30)26-19-9-5-4-8-18(19)25-27-23-17-7-3-2-6-15(17)10-11-22(23)35-25/h2-13H,1H3,(H,26,30). The molecule has 10 heteroatoms. The van der Waals surface area contributed by atoms with Crippen molar-refractivity contribution < 1.29 is 19.1 Å². The lowest BCUT2D eigenvalue weighted by Crippen LogP contribution is -2.14. The highest BCUT2D eigenvalue weighted by Gasteiger charge is 2.26. The molecule has 5 aromatic rings. The number of para-hydroxylation sites is 1. The molecule has 5 rings (SSSR count).